The van der Waals surface area contributed by atoms with E-state index in [2.05, 4.69) is 4.98 Å². The standard InChI is InChI=1S/C16H14N2O4S/c1-3-6-12-17-9(2)13(23-12)16(21)22-18-14(19)10-7-4-5-8-11(10)15(18)20/h4-5,7-8H,3,6H2,1-2H3. The quantitative estimate of drug-likeness (QED) is 0.806. The van der Waals surface area contributed by atoms with Gasteiger partial charge < -0.3 is 4.84 Å². The first-order chi connectivity index (χ1) is 11.0. The molecule has 0 bridgehead atoms. The summed E-state index contributed by atoms with van der Waals surface area (Å²) in [4.78, 5) is 46.3. The summed E-state index contributed by atoms with van der Waals surface area (Å²) in [7, 11) is 0. The smallest absolute Gasteiger partial charge is 0.323 e. The zero-order valence-corrected chi connectivity index (χ0v) is 13.5. The first-order valence-electron chi connectivity index (χ1n) is 7.19. The van der Waals surface area contributed by atoms with E-state index >= 15 is 0 Å². The number of aryl methyl sites for hydroxylation is 2. The average molecular weight is 330 g/mol. The predicted octanol–water partition coefficient (Wildman–Crippen LogP) is 2.77. The normalized spacial score (nSPS) is 13.4. The number of hydrogen-bond acceptors (Lipinski definition) is 6. The van der Waals surface area contributed by atoms with Gasteiger partial charge in [-0.15, -0.1) is 11.3 Å². The van der Waals surface area contributed by atoms with Gasteiger partial charge in [-0.1, -0.05) is 24.1 Å². The van der Waals surface area contributed by atoms with Crippen LogP contribution in [0.5, 0.6) is 0 Å². The molecule has 6 nitrogen and oxygen atoms in total. The minimum atomic E-state index is -0.739. The molecule has 1 aliphatic rings. The molecule has 0 aliphatic carbocycles. The largest absolute Gasteiger partial charge is 0.375 e. The number of hydrogen-bond donors (Lipinski definition) is 0. The van der Waals surface area contributed by atoms with Gasteiger partial charge in [0.15, 0.2) is 0 Å². The van der Waals surface area contributed by atoms with Crippen LogP contribution in [-0.4, -0.2) is 27.8 Å². The van der Waals surface area contributed by atoms with Crippen LogP contribution in [-0.2, 0) is 11.3 Å². The van der Waals surface area contributed by atoms with Gasteiger partial charge in [0.25, 0.3) is 11.8 Å². The van der Waals surface area contributed by atoms with Gasteiger partial charge in [0.2, 0.25) is 0 Å². The molecule has 0 radical (unpaired) electrons. The number of aromatic nitrogens is 1. The second-order valence-corrected chi connectivity index (χ2v) is 6.18. The fourth-order valence-electron chi connectivity index (χ4n) is 2.34. The maximum absolute atomic E-state index is 12.3. The van der Waals surface area contributed by atoms with Gasteiger partial charge in [-0.25, -0.2) is 9.78 Å². The molecule has 23 heavy (non-hydrogen) atoms. The van der Waals surface area contributed by atoms with E-state index in [0.717, 1.165) is 17.8 Å². The van der Waals surface area contributed by atoms with Gasteiger partial charge in [0, 0.05) is 0 Å². The summed E-state index contributed by atoms with van der Waals surface area (Å²) in [6.07, 6.45) is 1.69. The van der Waals surface area contributed by atoms with Crippen LogP contribution in [0.2, 0.25) is 0 Å². The van der Waals surface area contributed by atoms with Gasteiger partial charge in [-0.2, -0.15) is 0 Å². The molecule has 0 atom stereocenters. The molecule has 3 rings (SSSR count). The number of thiazole rings is 1. The summed E-state index contributed by atoms with van der Waals surface area (Å²) in [6, 6.07) is 6.36. The van der Waals surface area contributed by atoms with E-state index in [4.69, 9.17) is 4.84 Å². The van der Waals surface area contributed by atoms with Crippen LogP contribution in [0, 0.1) is 6.92 Å². The molecule has 0 fully saturated rings. The highest BCUT2D eigenvalue weighted by molar-refractivity contribution is 7.13. The van der Waals surface area contributed by atoms with E-state index in [1.807, 2.05) is 6.92 Å². The molecular formula is C16H14N2O4S. The second-order valence-electron chi connectivity index (χ2n) is 5.10. The molecule has 7 heteroatoms. The van der Waals surface area contributed by atoms with E-state index in [9.17, 15) is 14.4 Å². The third-order valence-electron chi connectivity index (χ3n) is 3.42. The van der Waals surface area contributed by atoms with Gasteiger partial charge in [0.05, 0.1) is 21.8 Å². The summed E-state index contributed by atoms with van der Waals surface area (Å²) in [5.41, 5.74) is 1.01. The fourth-order valence-corrected chi connectivity index (χ4v) is 3.38. The number of carbonyl (C=O) groups is 3. The zero-order valence-electron chi connectivity index (χ0n) is 12.7. The molecule has 0 spiro atoms. The maximum Gasteiger partial charge on any atom is 0.375 e. The monoisotopic (exact) mass is 330 g/mol. The molecule has 2 amide bonds. The third-order valence-corrected chi connectivity index (χ3v) is 4.62. The number of benzene rings is 1. The molecule has 0 N–H and O–H groups in total. The summed E-state index contributed by atoms with van der Waals surface area (Å²) in [6.45, 7) is 3.72. The highest BCUT2D eigenvalue weighted by Gasteiger charge is 2.39. The van der Waals surface area contributed by atoms with Crippen molar-refractivity contribution in [3.05, 3.63) is 51.0 Å². The molecule has 118 valence electrons. The number of rotatable bonds is 4. The SMILES string of the molecule is CCCc1nc(C)c(C(=O)ON2C(=O)c3ccccc3C2=O)s1. The lowest BCUT2D eigenvalue weighted by Crippen LogP contribution is -2.32. The summed E-state index contributed by atoms with van der Waals surface area (Å²) >= 11 is 1.23. The number of nitrogens with zero attached hydrogens (tertiary/aromatic N) is 2. The number of carbonyl (C=O) groups excluding carboxylic acids is 3. The summed E-state index contributed by atoms with van der Waals surface area (Å²) in [5, 5.41) is 1.35. The van der Waals surface area contributed by atoms with Crippen molar-refractivity contribution in [3.63, 3.8) is 0 Å². The molecule has 1 aromatic heterocycles. The van der Waals surface area contributed by atoms with Crippen molar-refractivity contribution >= 4 is 29.1 Å². The third kappa shape index (κ3) is 2.63. The maximum atomic E-state index is 12.3. The zero-order chi connectivity index (χ0) is 16.6. The molecule has 2 aromatic rings. The molecule has 2 heterocycles. The van der Waals surface area contributed by atoms with Crippen molar-refractivity contribution in [2.75, 3.05) is 0 Å². The highest BCUT2D eigenvalue weighted by atomic mass is 32.1. The molecule has 0 saturated heterocycles. The Morgan fingerprint density at radius 2 is 1.83 bits per heavy atom. The van der Waals surface area contributed by atoms with Crippen molar-refractivity contribution in [1.29, 1.82) is 0 Å². The Morgan fingerprint density at radius 3 is 2.39 bits per heavy atom. The van der Waals surface area contributed by atoms with Gasteiger partial charge in [-0.3, -0.25) is 9.59 Å². The minimum absolute atomic E-state index is 0.234. The molecular weight excluding hydrogens is 316 g/mol. The fraction of sp³-hybridized carbons (Fsp3) is 0.250. The first kappa shape index (κ1) is 15.4. The van der Waals surface area contributed by atoms with Crippen molar-refractivity contribution in [2.24, 2.45) is 0 Å². The number of hydroxylamine groups is 2. The lowest BCUT2D eigenvalue weighted by atomic mass is 10.1. The van der Waals surface area contributed by atoms with Gasteiger partial charge in [0.1, 0.15) is 4.88 Å². The van der Waals surface area contributed by atoms with Gasteiger partial charge >= 0.3 is 5.97 Å². The number of fused-ring (bicyclic) bond motifs is 1. The Bertz CT molecular complexity index is 777. The lowest BCUT2D eigenvalue weighted by Gasteiger charge is -2.11. The van der Waals surface area contributed by atoms with Crippen LogP contribution in [0.4, 0.5) is 0 Å². The summed E-state index contributed by atoms with van der Waals surface area (Å²) in [5.74, 6) is -2.00. The van der Waals surface area contributed by atoms with Crippen LogP contribution in [0.15, 0.2) is 24.3 Å². The van der Waals surface area contributed by atoms with E-state index in [0.29, 0.717) is 15.6 Å². The van der Waals surface area contributed by atoms with Crippen molar-refractivity contribution < 1.29 is 19.2 Å². The predicted molar refractivity (Wildman–Crippen MR) is 83.2 cm³/mol. The van der Waals surface area contributed by atoms with E-state index in [1.165, 1.54) is 23.5 Å². The Labute approximate surface area is 136 Å². The first-order valence-corrected chi connectivity index (χ1v) is 8.01. The Morgan fingerprint density at radius 1 is 1.22 bits per heavy atom. The van der Waals surface area contributed by atoms with Crippen LogP contribution in [0.25, 0.3) is 0 Å². The Hall–Kier alpha value is -2.54. The molecule has 0 saturated carbocycles. The van der Waals surface area contributed by atoms with E-state index in [1.54, 1.807) is 19.1 Å². The average Bonchev–Trinajstić information content (AvgIpc) is 3.02. The van der Waals surface area contributed by atoms with Crippen LogP contribution < -0.4 is 0 Å². The van der Waals surface area contributed by atoms with E-state index in [-0.39, 0.29) is 11.1 Å². The van der Waals surface area contributed by atoms with Crippen LogP contribution in [0.3, 0.4) is 0 Å². The van der Waals surface area contributed by atoms with Crippen molar-refractivity contribution in [1.82, 2.24) is 10.0 Å². The highest BCUT2D eigenvalue weighted by Crippen LogP contribution is 2.25. The molecule has 0 unspecified atom stereocenters. The van der Waals surface area contributed by atoms with Gasteiger partial charge in [-0.05, 0) is 31.9 Å². The van der Waals surface area contributed by atoms with Crippen molar-refractivity contribution in [2.45, 2.75) is 26.7 Å². The van der Waals surface area contributed by atoms with Crippen molar-refractivity contribution in [3.8, 4) is 0 Å². The minimum Gasteiger partial charge on any atom is -0.323 e. The second kappa shape index (κ2) is 5.92. The molecule has 1 aromatic carbocycles. The molecule has 1 aliphatic heterocycles. The Kier molecular flexibility index (Phi) is 3.96. The number of imide groups is 1. The topological polar surface area (TPSA) is 76.6 Å². The van der Waals surface area contributed by atoms with Crippen LogP contribution in [0.1, 0.15) is 54.4 Å². The van der Waals surface area contributed by atoms with E-state index < -0.39 is 17.8 Å². The van der Waals surface area contributed by atoms with Crippen LogP contribution >= 0.6 is 11.3 Å². The Balaban J connectivity index is 1.82. The summed E-state index contributed by atoms with van der Waals surface area (Å²) < 4.78 is 0. The lowest BCUT2D eigenvalue weighted by molar-refractivity contribution is -0.0581. The number of amides is 2.